The van der Waals surface area contributed by atoms with E-state index in [0.717, 1.165) is 0 Å². The molecule has 0 saturated carbocycles. The van der Waals surface area contributed by atoms with E-state index in [-0.39, 0.29) is 17.3 Å². The Balaban J connectivity index is 2.61. The molecule has 2 rings (SSSR count). The Labute approximate surface area is 98.0 Å². The Morgan fingerprint density at radius 2 is 2.00 bits per heavy atom. The van der Waals surface area contributed by atoms with Crippen LogP contribution in [0, 0.1) is 0 Å². The maximum atomic E-state index is 11.9. The van der Waals surface area contributed by atoms with Crippen molar-refractivity contribution in [1.82, 2.24) is 9.97 Å². The van der Waals surface area contributed by atoms with E-state index >= 15 is 0 Å². The van der Waals surface area contributed by atoms with Gasteiger partial charge in [0, 0.05) is 0 Å². The van der Waals surface area contributed by atoms with Gasteiger partial charge in [-0.15, -0.1) is 0 Å². The number of nitrogens with two attached hydrogens (primary N) is 1. The SMILES string of the molecule is CC(N)c1nc(O)c(-c2ccccc2)c(=O)[nH]1. The number of hydrogen-bond donors (Lipinski definition) is 3. The molecule has 17 heavy (non-hydrogen) atoms. The highest BCUT2D eigenvalue weighted by Gasteiger charge is 2.13. The fourth-order valence-electron chi connectivity index (χ4n) is 1.56. The summed E-state index contributed by atoms with van der Waals surface area (Å²) in [4.78, 5) is 18.3. The summed E-state index contributed by atoms with van der Waals surface area (Å²) in [5, 5.41) is 9.79. The zero-order valence-electron chi connectivity index (χ0n) is 9.34. The number of benzene rings is 1. The van der Waals surface area contributed by atoms with Gasteiger partial charge < -0.3 is 15.8 Å². The Kier molecular flexibility index (Phi) is 2.93. The molecule has 1 heterocycles. The fraction of sp³-hybridized carbons (Fsp3) is 0.167. The first-order chi connectivity index (χ1) is 8.09. The molecule has 0 fully saturated rings. The first-order valence-electron chi connectivity index (χ1n) is 5.23. The number of hydrogen-bond acceptors (Lipinski definition) is 4. The topological polar surface area (TPSA) is 92.0 Å². The molecule has 2 aromatic rings. The summed E-state index contributed by atoms with van der Waals surface area (Å²) in [5.74, 6) is -0.0283. The summed E-state index contributed by atoms with van der Waals surface area (Å²) >= 11 is 0. The van der Waals surface area contributed by atoms with Crippen LogP contribution in [0.25, 0.3) is 11.1 Å². The number of nitrogens with zero attached hydrogens (tertiary/aromatic N) is 1. The van der Waals surface area contributed by atoms with Gasteiger partial charge >= 0.3 is 0 Å². The van der Waals surface area contributed by atoms with Gasteiger partial charge in [-0.1, -0.05) is 30.3 Å². The average molecular weight is 231 g/mol. The highest BCUT2D eigenvalue weighted by Crippen LogP contribution is 2.23. The third-order valence-electron chi connectivity index (χ3n) is 2.41. The molecule has 0 saturated heterocycles. The van der Waals surface area contributed by atoms with Crippen LogP contribution >= 0.6 is 0 Å². The van der Waals surface area contributed by atoms with E-state index in [9.17, 15) is 9.90 Å². The number of aromatic nitrogens is 2. The molecule has 0 aliphatic carbocycles. The fourth-order valence-corrected chi connectivity index (χ4v) is 1.56. The minimum Gasteiger partial charge on any atom is -0.493 e. The summed E-state index contributed by atoms with van der Waals surface area (Å²) in [7, 11) is 0. The summed E-state index contributed by atoms with van der Waals surface area (Å²) in [6.45, 7) is 1.68. The molecule has 88 valence electrons. The van der Waals surface area contributed by atoms with E-state index in [1.54, 1.807) is 31.2 Å². The van der Waals surface area contributed by atoms with Gasteiger partial charge in [-0.2, -0.15) is 4.98 Å². The van der Waals surface area contributed by atoms with Crippen molar-refractivity contribution in [2.24, 2.45) is 5.73 Å². The number of nitrogens with one attached hydrogen (secondary N) is 1. The second-order valence-corrected chi connectivity index (χ2v) is 3.80. The molecule has 1 unspecified atom stereocenters. The maximum absolute atomic E-state index is 11.9. The second-order valence-electron chi connectivity index (χ2n) is 3.80. The molecule has 0 aliphatic heterocycles. The lowest BCUT2D eigenvalue weighted by molar-refractivity contribution is 0.447. The third-order valence-corrected chi connectivity index (χ3v) is 2.41. The molecule has 0 aliphatic rings. The van der Waals surface area contributed by atoms with Gasteiger partial charge in [0.25, 0.3) is 5.56 Å². The maximum Gasteiger partial charge on any atom is 0.262 e. The number of aromatic hydroxyl groups is 1. The molecule has 1 aromatic heterocycles. The van der Waals surface area contributed by atoms with Crippen molar-refractivity contribution in [3.8, 4) is 17.0 Å². The second kappa shape index (κ2) is 4.39. The van der Waals surface area contributed by atoms with Gasteiger partial charge in [-0.25, -0.2) is 0 Å². The Morgan fingerprint density at radius 1 is 1.35 bits per heavy atom. The van der Waals surface area contributed by atoms with E-state index in [0.29, 0.717) is 5.56 Å². The first kappa shape index (κ1) is 11.3. The van der Waals surface area contributed by atoms with Crippen LogP contribution in [0.3, 0.4) is 0 Å². The minimum absolute atomic E-state index is 0.162. The van der Waals surface area contributed by atoms with Crippen LogP contribution < -0.4 is 11.3 Å². The Morgan fingerprint density at radius 3 is 2.53 bits per heavy atom. The van der Waals surface area contributed by atoms with Gasteiger partial charge in [-0.05, 0) is 12.5 Å². The zero-order chi connectivity index (χ0) is 12.4. The van der Waals surface area contributed by atoms with Gasteiger partial charge in [0.15, 0.2) is 0 Å². The highest BCUT2D eigenvalue weighted by molar-refractivity contribution is 5.66. The molecular formula is C12H13N3O2. The van der Waals surface area contributed by atoms with Crippen molar-refractivity contribution in [1.29, 1.82) is 0 Å². The quantitative estimate of drug-likeness (QED) is 0.723. The minimum atomic E-state index is -0.432. The van der Waals surface area contributed by atoms with Crippen molar-refractivity contribution in [2.45, 2.75) is 13.0 Å². The van der Waals surface area contributed by atoms with Crippen LogP contribution in [0.1, 0.15) is 18.8 Å². The third kappa shape index (κ3) is 2.19. The van der Waals surface area contributed by atoms with Crippen LogP contribution in [0.4, 0.5) is 0 Å². The van der Waals surface area contributed by atoms with Crippen LogP contribution in [0.2, 0.25) is 0 Å². The molecule has 0 radical (unpaired) electrons. The number of H-pyrrole nitrogens is 1. The molecular weight excluding hydrogens is 218 g/mol. The molecule has 1 atom stereocenters. The van der Waals surface area contributed by atoms with Gasteiger partial charge in [0.2, 0.25) is 5.88 Å². The predicted molar refractivity (Wildman–Crippen MR) is 64.6 cm³/mol. The molecule has 4 N–H and O–H groups in total. The van der Waals surface area contributed by atoms with Crippen molar-refractivity contribution in [3.63, 3.8) is 0 Å². The molecule has 0 amide bonds. The van der Waals surface area contributed by atoms with Crippen molar-refractivity contribution in [2.75, 3.05) is 0 Å². The average Bonchev–Trinajstić information content (AvgIpc) is 2.29. The van der Waals surface area contributed by atoms with Crippen LogP contribution in [-0.2, 0) is 0 Å². The van der Waals surface area contributed by atoms with E-state index in [4.69, 9.17) is 5.73 Å². The van der Waals surface area contributed by atoms with Crippen LogP contribution in [-0.4, -0.2) is 15.1 Å². The monoisotopic (exact) mass is 231 g/mol. The van der Waals surface area contributed by atoms with Crippen molar-refractivity contribution < 1.29 is 5.11 Å². The summed E-state index contributed by atoms with van der Waals surface area (Å²) in [5.41, 5.74) is 5.99. The molecule has 0 bridgehead atoms. The molecule has 1 aromatic carbocycles. The summed E-state index contributed by atoms with van der Waals surface area (Å²) in [6.07, 6.45) is 0. The zero-order valence-corrected chi connectivity index (χ0v) is 9.34. The standard InChI is InChI=1S/C12H13N3O2/c1-7(13)10-14-11(16)9(12(17)15-10)8-5-3-2-4-6-8/h2-7H,13H2,1H3,(H2,14,15,16,17). The predicted octanol–water partition coefficient (Wildman–Crippen LogP) is 1.16. The smallest absolute Gasteiger partial charge is 0.262 e. The van der Waals surface area contributed by atoms with E-state index in [1.807, 2.05) is 6.07 Å². The molecule has 5 heteroatoms. The van der Waals surface area contributed by atoms with Crippen molar-refractivity contribution in [3.05, 3.63) is 46.5 Å². The summed E-state index contributed by atoms with van der Waals surface area (Å²) in [6, 6.07) is 8.44. The molecule has 0 spiro atoms. The summed E-state index contributed by atoms with van der Waals surface area (Å²) < 4.78 is 0. The lowest BCUT2D eigenvalue weighted by Crippen LogP contribution is -2.18. The Hall–Kier alpha value is -2.14. The van der Waals surface area contributed by atoms with Gasteiger partial charge in [0.1, 0.15) is 11.4 Å². The highest BCUT2D eigenvalue weighted by atomic mass is 16.3. The van der Waals surface area contributed by atoms with Gasteiger partial charge in [0.05, 0.1) is 6.04 Å². The van der Waals surface area contributed by atoms with Crippen molar-refractivity contribution >= 4 is 0 Å². The van der Waals surface area contributed by atoms with E-state index in [2.05, 4.69) is 9.97 Å². The first-order valence-corrected chi connectivity index (χ1v) is 5.23. The largest absolute Gasteiger partial charge is 0.493 e. The van der Waals surface area contributed by atoms with Gasteiger partial charge in [-0.3, -0.25) is 4.79 Å². The molecule has 5 nitrogen and oxygen atoms in total. The Bertz CT molecular complexity index is 576. The van der Waals surface area contributed by atoms with Crippen LogP contribution in [0.5, 0.6) is 5.88 Å². The van der Waals surface area contributed by atoms with E-state index in [1.165, 1.54) is 0 Å². The van der Waals surface area contributed by atoms with E-state index < -0.39 is 11.6 Å². The number of rotatable bonds is 2. The van der Waals surface area contributed by atoms with Crippen LogP contribution in [0.15, 0.2) is 35.1 Å². The normalized spacial score (nSPS) is 12.4. The lowest BCUT2D eigenvalue weighted by Gasteiger charge is -2.07. The number of aromatic amines is 1. The lowest BCUT2D eigenvalue weighted by atomic mass is 10.1.